The number of esters is 2. The van der Waals surface area contributed by atoms with Crippen LogP contribution < -0.4 is 10.6 Å². The molecule has 33 heavy (non-hydrogen) atoms. The van der Waals surface area contributed by atoms with Crippen LogP contribution in [0.1, 0.15) is 11.5 Å². The minimum absolute atomic E-state index is 0.0173. The van der Waals surface area contributed by atoms with Crippen LogP contribution in [0.5, 0.6) is 0 Å². The first-order valence-electron chi connectivity index (χ1n) is 10.0. The van der Waals surface area contributed by atoms with E-state index in [1.165, 1.54) is 19.1 Å². The van der Waals surface area contributed by atoms with Gasteiger partial charge in [-0.25, -0.2) is 9.59 Å². The molecule has 0 fully saturated rings. The van der Waals surface area contributed by atoms with Gasteiger partial charge in [0.25, 0.3) is 0 Å². The number of aromatic nitrogens is 1. The highest BCUT2D eigenvalue weighted by molar-refractivity contribution is 6.08. The van der Waals surface area contributed by atoms with E-state index in [0.29, 0.717) is 11.3 Å². The number of methoxy groups -OCH3 is 2. The van der Waals surface area contributed by atoms with Crippen molar-refractivity contribution in [1.82, 2.24) is 4.98 Å². The zero-order chi connectivity index (χ0) is 23.5. The first-order chi connectivity index (χ1) is 16.0. The van der Waals surface area contributed by atoms with Crippen LogP contribution in [0, 0.1) is 11.3 Å². The number of ether oxygens (including phenoxy) is 2. The Balaban J connectivity index is 2.12. The molecule has 1 aliphatic rings. The van der Waals surface area contributed by atoms with Crippen molar-refractivity contribution in [3.63, 3.8) is 0 Å². The molecule has 1 aromatic heterocycles. The number of carbonyl (C=O) groups is 2. The largest absolute Gasteiger partial charge is 0.466 e. The predicted octanol–water partition coefficient (Wildman–Crippen LogP) is 3.13. The fourth-order valence-electron chi connectivity index (χ4n) is 4.06. The number of hydrogen-bond donors (Lipinski definition) is 1. The van der Waals surface area contributed by atoms with Crippen LogP contribution in [0.4, 0.5) is 5.69 Å². The highest BCUT2D eigenvalue weighted by atomic mass is 16.5. The minimum atomic E-state index is -0.911. The molecule has 0 spiro atoms. The monoisotopic (exact) mass is 440 g/mol. The van der Waals surface area contributed by atoms with Crippen LogP contribution in [0.2, 0.25) is 0 Å². The number of rotatable bonds is 4. The van der Waals surface area contributed by atoms with Crippen molar-refractivity contribution >= 4 is 28.4 Å². The van der Waals surface area contributed by atoms with E-state index in [0.717, 1.165) is 10.8 Å². The van der Waals surface area contributed by atoms with Gasteiger partial charge in [0, 0.05) is 23.2 Å². The number of fused-ring (bicyclic) bond motifs is 1. The number of nitriles is 1. The second kappa shape index (κ2) is 8.85. The average molecular weight is 440 g/mol. The van der Waals surface area contributed by atoms with Gasteiger partial charge >= 0.3 is 11.9 Å². The van der Waals surface area contributed by atoms with E-state index in [-0.39, 0.29) is 22.7 Å². The zero-order valence-electron chi connectivity index (χ0n) is 18.0. The number of allylic oxidation sites excluding steroid dienone is 1. The Labute approximate surface area is 190 Å². The first-order valence-corrected chi connectivity index (χ1v) is 10.0. The summed E-state index contributed by atoms with van der Waals surface area (Å²) in [5.41, 5.74) is 7.61. The lowest BCUT2D eigenvalue weighted by Gasteiger charge is -2.36. The molecule has 2 heterocycles. The van der Waals surface area contributed by atoms with Gasteiger partial charge in [0.05, 0.1) is 43.0 Å². The molecule has 0 radical (unpaired) electrons. The van der Waals surface area contributed by atoms with Crippen molar-refractivity contribution in [1.29, 1.82) is 5.26 Å². The quantitative estimate of drug-likeness (QED) is 0.615. The topological polar surface area (TPSA) is 119 Å². The van der Waals surface area contributed by atoms with E-state index < -0.39 is 17.9 Å². The molecule has 0 bridgehead atoms. The molecule has 164 valence electrons. The number of carbonyl (C=O) groups excluding carboxylic acids is 2. The second-order valence-electron chi connectivity index (χ2n) is 7.21. The van der Waals surface area contributed by atoms with Gasteiger partial charge in [-0.05, 0) is 17.7 Å². The summed E-state index contributed by atoms with van der Waals surface area (Å²) < 4.78 is 10.1. The number of nitrogens with zero attached hydrogens (tertiary/aromatic N) is 3. The van der Waals surface area contributed by atoms with E-state index in [4.69, 9.17) is 15.2 Å². The van der Waals surface area contributed by atoms with Crippen LogP contribution >= 0.6 is 0 Å². The fourth-order valence-corrected chi connectivity index (χ4v) is 4.06. The molecule has 0 amide bonds. The Morgan fingerprint density at radius 2 is 1.76 bits per heavy atom. The van der Waals surface area contributed by atoms with Gasteiger partial charge in [-0.3, -0.25) is 9.88 Å². The van der Waals surface area contributed by atoms with E-state index in [1.807, 2.05) is 12.1 Å². The van der Waals surface area contributed by atoms with E-state index in [2.05, 4.69) is 11.1 Å². The molecule has 1 atom stereocenters. The molecule has 1 unspecified atom stereocenters. The smallest absolute Gasteiger partial charge is 0.355 e. The Morgan fingerprint density at radius 1 is 1.03 bits per heavy atom. The highest BCUT2D eigenvalue weighted by Crippen LogP contribution is 2.44. The molecule has 3 aromatic rings. The van der Waals surface area contributed by atoms with Gasteiger partial charge < -0.3 is 15.2 Å². The summed E-state index contributed by atoms with van der Waals surface area (Å²) in [6.45, 7) is 0. The second-order valence-corrected chi connectivity index (χ2v) is 7.21. The highest BCUT2D eigenvalue weighted by Gasteiger charge is 2.43. The average Bonchev–Trinajstić information content (AvgIpc) is 2.87. The van der Waals surface area contributed by atoms with Crippen molar-refractivity contribution < 1.29 is 19.1 Å². The van der Waals surface area contributed by atoms with E-state index >= 15 is 0 Å². The van der Waals surface area contributed by atoms with Crippen molar-refractivity contribution in [3.05, 3.63) is 95.2 Å². The lowest BCUT2D eigenvalue weighted by Crippen LogP contribution is -2.40. The molecule has 4 rings (SSSR count). The number of anilines is 1. The third-order valence-corrected chi connectivity index (χ3v) is 5.51. The van der Waals surface area contributed by atoms with Crippen molar-refractivity contribution in [3.8, 4) is 6.07 Å². The Bertz CT molecular complexity index is 1350. The Kier molecular flexibility index (Phi) is 5.79. The maximum Gasteiger partial charge on any atom is 0.355 e. The van der Waals surface area contributed by atoms with Gasteiger partial charge in [0.2, 0.25) is 0 Å². The number of pyridine rings is 1. The fraction of sp³-hybridized carbons (Fsp3) is 0.120. The van der Waals surface area contributed by atoms with E-state index in [1.54, 1.807) is 54.9 Å². The minimum Gasteiger partial charge on any atom is -0.466 e. The molecule has 1 aliphatic heterocycles. The number of nitrogens with two attached hydrogens (primary N) is 1. The third-order valence-electron chi connectivity index (χ3n) is 5.51. The molecule has 0 saturated heterocycles. The molecule has 2 aromatic carbocycles. The van der Waals surface area contributed by atoms with Crippen LogP contribution in [-0.2, 0) is 19.1 Å². The maximum absolute atomic E-state index is 13.1. The first kappa shape index (κ1) is 21.6. The normalized spacial score (nSPS) is 15.9. The summed E-state index contributed by atoms with van der Waals surface area (Å²) in [4.78, 5) is 31.7. The molecular weight excluding hydrogens is 420 g/mol. The molecule has 2 N–H and O–H groups in total. The summed E-state index contributed by atoms with van der Waals surface area (Å²) in [5, 5.41) is 11.6. The predicted molar refractivity (Wildman–Crippen MR) is 121 cm³/mol. The van der Waals surface area contributed by atoms with Crippen molar-refractivity contribution in [2.24, 2.45) is 5.73 Å². The zero-order valence-corrected chi connectivity index (χ0v) is 18.0. The molecule has 8 heteroatoms. The van der Waals surface area contributed by atoms with Crippen molar-refractivity contribution in [2.45, 2.75) is 5.92 Å². The molecule has 8 nitrogen and oxygen atoms in total. The summed E-state index contributed by atoms with van der Waals surface area (Å²) in [7, 11) is 2.43. The van der Waals surface area contributed by atoms with Crippen LogP contribution in [0.25, 0.3) is 10.8 Å². The summed E-state index contributed by atoms with van der Waals surface area (Å²) >= 11 is 0. The number of hydrogen-bond acceptors (Lipinski definition) is 8. The standard InChI is InChI=1S/C25H20N4O4/c1-32-24(30)21-20(15-7-4-3-5-8-15)18(13-26)23(27)29(22(21)25(31)33-2)19-10-6-9-16-14-28-12-11-17(16)19/h3-12,14,20H,27H2,1-2H3. The Morgan fingerprint density at radius 3 is 2.42 bits per heavy atom. The van der Waals surface area contributed by atoms with Gasteiger partial charge in [-0.15, -0.1) is 0 Å². The summed E-state index contributed by atoms with van der Waals surface area (Å²) in [6, 6.07) is 18.2. The SMILES string of the molecule is COC(=O)C1=C(C(=O)OC)N(c2cccc3cnccc23)C(N)=C(C#N)C1c1ccccc1. The summed E-state index contributed by atoms with van der Waals surface area (Å²) in [6.07, 6.45) is 3.28. The summed E-state index contributed by atoms with van der Waals surface area (Å²) in [5.74, 6) is -2.45. The maximum atomic E-state index is 13.1. The molecule has 0 aliphatic carbocycles. The van der Waals surface area contributed by atoms with Crippen LogP contribution in [0.15, 0.2) is 89.7 Å². The lowest BCUT2D eigenvalue weighted by atomic mass is 9.81. The lowest BCUT2D eigenvalue weighted by molar-refractivity contribution is -0.139. The Hall–Kier alpha value is -4.64. The van der Waals surface area contributed by atoms with E-state index in [9.17, 15) is 14.9 Å². The third kappa shape index (κ3) is 3.55. The van der Waals surface area contributed by atoms with Crippen LogP contribution in [-0.4, -0.2) is 31.1 Å². The number of benzene rings is 2. The van der Waals surface area contributed by atoms with Crippen molar-refractivity contribution in [2.75, 3.05) is 19.1 Å². The molecule has 0 saturated carbocycles. The molecular formula is C25H20N4O4. The van der Waals surface area contributed by atoms with Gasteiger partial charge in [0.15, 0.2) is 0 Å². The van der Waals surface area contributed by atoms with Crippen LogP contribution in [0.3, 0.4) is 0 Å². The van der Waals surface area contributed by atoms with Gasteiger partial charge in [-0.2, -0.15) is 5.26 Å². The van der Waals surface area contributed by atoms with Gasteiger partial charge in [0.1, 0.15) is 11.5 Å². The van der Waals surface area contributed by atoms with Gasteiger partial charge in [-0.1, -0.05) is 42.5 Å².